The summed E-state index contributed by atoms with van der Waals surface area (Å²) in [4.78, 5) is 29.7. The molecular weight excluding hydrogens is 294 g/mol. The van der Waals surface area contributed by atoms with Gasteiger partial charge in [-0.05, 0) is 49.9 Å². The highest BCUT2D eigenvalue weighted by molar-refractivity contribution is 5.80. The van der Waals surface area contributed by atoms with E-state index in [2.05, 4.69) is 9.97 Å². The number of rotatable bonds is 4. The molecule has 2 N–H and O–H groups in total. The first-order valence-electron chi connectivity index (χ1n) is 7.55. The highest BCUT2D eigenvalue weighted by atomic mass is 16.5. The topological polar surface area (TPSA) is 79.9 Å². The van der Waals surface area contributed by atoms with Gasteiger partial charge in [0.25, 0.3) is 5.56 Å². The van der Waals surface area contributed by atoms with Gasteiger partial charge in [0.2, 0.25) is 5.88 Å². The van der Waals surface area contributed by atoms with E-state index in [1.165, 1.54) is 6.07 Å². The van der Waals surface area contributed by atoms with E-state index >= 15 is 0 Å². The van der Waals surface area contributed by atoms with Gasteiger partial charge in [0.05, 0.1) is 6.07 Å². The van der Waals surface area contributed by atoms with E-state index in [0.29, 0.717) is 0 Å². The zero-order valence-electron chi connectivity index (χ0n) is 13.3. The molecule has 0 bridgehead atoms. The smallest absolute Gasteiger partial charge is 0.331 e. The van der Waals surface area contributed by atoms with Crippen molar-refractivity contribution in [3.05, 3.63) is 62.9 Å². The summed E-state index contributed by atoms with van der Waals surface area (Å²) in [6.45, 7) is 5.44. The number of benzene rings is 1. The lowest BCUT2D eigenvalue weighted by molar-refractivity contribution is 0.215. The molecular formula is C17H19N3O3. The van der Waals surface area contributed by atoms with Crippen molar-refractivity contribution >= 4 is 10.9 Å². The molecule has 0 aliphatic rings. The Hall–Kier alpha value is -2.76. The van der Waals surface area contributed by atoms with Crippen LogP contribution in [0.15, 0.2) is 46.1 Å². The van der Waals surface area contributed by atoms with Crippen molar-refractivity contribution < 1.29 is 4.74 Å². The molecule has 120 valence electrons. The molecule has 0 spiro atoms. The van der Waals surface area contributed by atoms with Gasteiger partial charge in [-0.3, -0.25) is 14.3 Å². The van der Waals surface area contributed by atoms with Crippen molar-refractivity contribution in [3.8, 4) is 5.88 Å². The third-order valence-corrected chi connectivity index (χ3v) is 3.81. The Morgan fingerprint density at radius 1 is 1.09 bits per heavy atom. The Morgan fingerprint density at radius 3 is 2.57 bits per heavy atom. The zero-order valence-corrected chi connectivity index (χ0v) is 13.3. The summed E-state index contributed by atoms with van der Waals surface area (Å²) in [6, 6.07) is 9.04. The molecule has 0 aliphatic carbocycles. The van der Waals surface area contributed by atoms with E-state index in [1.807, 2.05) is 37.4 Å². The van der Waals surface area contributed by atoms with Crippen molar-refractivity contribution in [2.24, 2.45) is 0 Å². The second-order valence-electron chi connectivity index (χ2n) is 5.83. The molecule has 23 heavy (non-hydrogen) atoms. The van der Waals surface area contributed by atoms with Gasteiger partial charge in [0, 0.05) is 17.8 Å². The molecule has 0 radical (unpaired) electrons. The molecule has 2 heterocycles. The summed E-state index contributed by atoms with van der Waals surface area (Å²) in [5.74, 6) is 0.179. The fourth-order valence-electron chi connectivity index (χ4n) is 2.62. The maximum atomic E-state index is 12.0. The van der Waals surface area contributed by atoms with E-state index in [4.69, 9.17) is 4.74 Å². The van der Waals surface area contributed by atoms with Crippen LogP contribution in [0.3, 0.4) is 0 Å². The van der Waals surface area contributed by atoms with Gasteiger partial charge in [-0.25, -0.2) is 4.79 Å². The first-order chi connectivity index (χ1) is 11.0. The molecule has 0 aliphatic heterocycles. The van der Waals surface area contributed by atoms with Crippen LogP contribution in [0.5, 0.6) is 5.88 Å². The van der Waals surface area contributed by atoms with E-state index in [-0.39, 0.29) is 23.6 Å². The van der Waals surface area contributed by atoms with Crippen LogP contribution in [0.2, 0.25) is 0 Å². The van der Waals surface area contributed by atoms with Gasteiger partial charge in [-0.15, -0.1) is 0 Å². The van der Waals surface area contributed by atoms with Crippen LogP contribution in [-0.4, -0.2) is 14.5 Å². The van der Waals surface area contributed by atoms with Crippen LogP contribution in [-0.2, 0) is 0 Å². The fraction of sp³-hybridized carbons (Fsp3) is 0.294. The predicted molar refractivity (Wildman–Crippen MR) is 89.0 cm³/mol. The van der Waals surface area contributed by atoms with Crippen LogP contribution < -0.4 is 16.0 Å². The Balaban J connectivity index is 1.89. The van der Waals surface area contributed by atoms with E-state index in [0.717, 1.165) is 21.0 Å². The third-order valence-electron chi connectivity index (χ3n) is 3.81. The lowest BCUT2D eigenvalue weighted by Crippen LogP contribution is -2.36. The van der Waals surface area contributed by atoms with E-state index in [1.54, 1.807) is 13.8 Å². The van der Waals surface area contributed by atoms with Crippen molar-refractivity contribution in [1.29, 1.82) is 0 Å². The molecule has 3 rings (SSSR count). The first-order valence-corrected chi connectivity index (χ1v) is 7.55. The van der Waals surface area contributed by atoms with Gasteiger partial charge in [0.15, 0.2) is 0 Å². The maximum absolute atomic E-state index is 12.0. The lowest BCUT2D eigenvalue weighted by atomic mass is 10.1. The minimum absolute atomic E-state index is 0.179. The Morgan fingerprint density at radius 2 is 1.87 bits per heavy atom. The Bertz CT molecular complexity index is 918. The number of fused-ring (bicyclic) bond motifs is 1. The van der Waals surface area contributed by atoms with Crippen molar-refractivity contribution in [2.45, 2.75) is 32.9 Å². The van der Waals surface area contributed by atoms with Crippen LogP contribution in [0.4, 0.5) is 0 Å². The van der Waals surface area contributed by atoms with E-state index in [9.17, 15) is 9.59 Å². The minimum atomic E-state index is -0.462. The fourth-order valence-corrected chi connectivity index (χ4v) is 2.62. The van der Waals surface area contributed by atoms with Gasteiger partial charge < -0.3 is 9.72 Å². The first kappa shape index (κ1) is 15.1. The molecule has 1 atom stereocenters. The third kappa shape index (κ3) is 2.92. The summed E-state index contributed by atoms with van der Waals surface area (Å²) in [5.41, 5.74) is 1.18. The van der Waals surface area contributed by atoms with Crippen molar-refractivity contribution in [2.75, 3.05) is 0 Å². The summed E-state index contributed by atoms with van der Waals surface area (Å²) < 4.78 is 6.90. The number of hydrogen-bond donors (Lipinski definition) is 2. The van der Waals surface area contributed by atoms with Crippen LogP contribution >= 0.6 is 0 Å². The van der Waals surface area contributed by atoms with Crippen LogP contribution in [0.1, 0.15) is 38.5 Å². The molecule has 0 saturated heterocycles. The zero-order chi connectivity index (χ0) is 16.6. The molecule has 6 heteroatoms. The summed E-state index contributed by atoms with van der Waals surface area (Å²) >= 11 is 0. The average Bonchev–Trinajstić information content (AvgIpc) is 2.93. The molecule has 0 amide bonds. The number of aromatic nitrogens is 3. The minimum Gasteiger partial charge on any atom is -0.471 e. The molecule has 3 aromatic rings. The predicted octanol–water partition coefficient (Wildman–Crippen LogP) is 2.74. The normalized spacial score (nSPS) is 12.7. The van der Waals surface area contributed by atoms with E-state index < -0.39 is 5.69 Å². The molecule has 2 aromatic heterocycles. The number of nitrogens with zero attached hydrogens (tertiary/aromatic N) is 1. The Labute approximate surface area is 132 Å². The largest absolute Gasteiger partial charge is 0.471 e. The lowest BCUT2D eigenvalue weighted by Gasteiger charge is -2.16. The average molecular weight is 313 g/mol. The van der Waals surface area contributed by atoms with Gasteiger partial charge in [-0.2, -0.15) is 0 Å². The SMILES string of the molecule is CC(C)n1c(=O)cc(O[C@@H](C)c2ccc3[nH]ccc3c2)[nH]c1=O. The number of nitrogens with one attached hydrogen (secondary N) is 2. The summed E-state index contributed by atoms with van der Waals surface area (Å²) in [5, 5.41) is 1.08. The monoisotopic (exact) mass is 313 g/mol. The molecule has 1 aromatic carbocycles. The van der Waals surface area contributed by atoms with Crippen molar-refractivity contribution in [1.82, 2.24) is 14.5 Å². The standard InChI is InChI=1S/C17H19N3O3/c1-10(2)20-16(21)9-15(19-17(20)22)23-11(3)12-4-5-14-13(8-12)6-7-18-14/h4-11,18H,1-3H3,(H,19,22)/t11-/m0/s1. The molecule has 0 saturated carbocycles. The van der Waals surface area contributed by atoms with Gasteiger partial charge in [-0.1, -0.05) is 6.07 Å². The number of ether oxygens (including phenoxy) is 1. The maximum Gasteiger partial charge on any atom is 0.331 e. The molecule has 0 unspecified atom stereocenters. The second kappa shape index (κ2) is 5.79. The number of H-pyrrole nitrogens is 2. The van der Waals surface area contributed by atoms with Crippen molar-refractivity contribution in [3.63, 3.8) is 0 Å². The highest BCUT2D eigenvalue weighted by Gasteiger charge is 2.12. The van der Waals surface area contributed by atoms with Crippen LogP contribution in [0, 0.1) is 0 Å². The molecule has 0 fully saturated rings. The number of hydrogen-bond acceptors (Lipinski definition) is 3. The second-order valence-corrected chi connectivity index (χ2v) is 5.83. The summed E-state index contributed by atoms with van der Waals surface area (Å²) in [6.07, 6.45) is 1.59. The quantitative estimate of drug-likeness (QED) is 0.777. The Kier molecular flexibility index (Phi) is 3.82. The number of aromatic amines is 2. The van der Waals surface area contributed by atoms with Crippen LogP contribution in [0.25, 0.3) is 10.9 Å². The summed E-state index contributed by atoms with van der Waals surface area (Å²) in [7, 11) is 0. The molecule has 6 nitrogen and oxygen atoms in total. The van der Waals surface area contributed by atoms with Gasteiger partial charge in [0.1, 0.15) is 6.10 Å². The van der Waals surface area contributed by atoms with Gasteiger partial charge >= 0.3 is 5.69 Å². The highest BCUT2D eigenvalue weighted by Crippen LogP contribution is 2.22.